The third kappa shape index (κ3) is 4.28. The Labute approximate surface area is 69.0 Å². The molecule has 10 heavy (non-hydrogen) atoms. The molecule has 0 aliphatic carbocycles. The van der Waals surface area contributed by atoms with Crippen LogP contribution in [0, 0.1) is 0 Å². The standard InChI is InChI=1S/C8H22Si2/c1-5-7-9(3)10(4)8-6-2/h9-10H,5-8H2,1-4H3. The lowest BCUT2D eigenvalue weighted by atomic mass is 10.6. The first-order valence-corrected chi connectivity index (χ1v) is 11.3. The third-order valence-corrected chi connectivity index (χ3v) is 15.2. The quantitative estimate of drug-likeness (QED) is 0.562. The summed E-state index contributed by atoms with van der Waals surface area (Å²) >= 11 is 0. The molecule has 0 aliphatic heterocycles. The zero-order chi connectivity index (χ0) is 7.98. The molecular weight excluding hydrogens is 152 g/mol. The highest BCUT2D eigenvalue weighted by molar-refractivity contribution is 7.21. The second kappa shape index (κ2) is 6.16. The highest BCUT2D eigenvalue weighted by atomic mass is 29.2. The number of hydrogen-bond donors (Lipinski definition) is 0. The fraction of sp³-hybridized carbons (Fsp3) is 1.00. The summed E-state index contributed by atoms with van der Waals surface area (Å²) in [6, 6.07) is 3.21. The first kappa shape index (κ1) is 10.4. The van der Waals surface area contributed by atoms with Crippen molar-refractivity contribution in [1.82, 2.24) is 0 Å². The van der Waals surface area contributed by atoms with Crippen LogP contribution in [0.1, 0.15) is 26.7 Å². The molecule has 2 heteroatoms. The molecular formula is C8H22Si2. The third-order valence-electron chi connectivity index (χ3n) is 2.46. The molecule has 0 radical (unpaired) electrons. The Morgan fingerprint density at radius 2 is 1.10 bits per heavy atom. The van der Waals surface area contributed by atoms with Crippen molar-refractivity contribution in [1.29, 1.82) is 0 Å². The molecule has 0 spiro atoms. The van der Waals surface area contributed by atoms with Gasteiger partial charge in [0.2, 0.25) is 0 Å². The Morgan fingerprint density at radius 1 is 0.800 bits per heavy atom. The van der Waals surface area contributed by atoms with E-state index in [2.05, 4.69) is 26.9 Å². The predicted octanol–water partition coefficient (Wildman–Crippen LogP) is 2.60. The maximum absolute atomic E-state index is 2.58. The summed E-state index contributed by atoms with van der Waals surface area (Å²) in [5.41, 5.74) is 0. The minimum Gasteiger partial charge on any atom is -0.0741 e. The average Bonchev–Trinajstić information content (AvgIpc) is 1.89. The topological polar surface area (TPSA) is 0 Å². The van der Waals surface area contributed by atoms with E-state index in [0.29, 0.717) is 0 Å². The maximum Gasteiger partial charge on any atom is 0.0246 e. The van der Waals surface area contributed by atoms with Crippen LogP contribution in [-0.2, 0) is 0 Å². The van der Waals surface area contributed by atoms with E-state index in [0.717, 1.165) is 0 Å². The van der Waals surface area contributed by atoms with Gasteiger partial charge in [0, 0.05) is 16.6 Å². The maximum atomic E-state index is 2.58. The summed E-state index contributed by atoms with van der Waals surface area (Å²) in [7, 11) is -0.350. The van der Waals surface area contributed by atoms with E-state index in [1.807, 2.05) is 0 Å². The monoisotopic (exact) mass is 174 g/mol. The van der Waals surface area contributed by atoms with Crippen LogP contribution < -0.4 is 0 Å². The molecule has 2 atom stereocenters. The molecule has 0 nitrogen and oxygen atoms in total. The average molecular weight is 174 g/mol. The van der Waals surface area contributed by atoms with Crippen LogP contribution in [-0.4, -0.2) is 16.6 Å². The lowest BCUT2D eigenvalue weighted by Gasteiger charge is -2.14. The SMILES string of the molecule is CCC[SiH](C)[SiH](C)CCC. The highest BCUT2D eigenvalue weighted by Gasteiger charge is 2.12. The number of hydrogen-bond acceptors (Lipinski definition) is 0. The van der Waals surface area contributed by atoms with E-state index in [1.54, 1.807) is 12.1 Å². The molecule has 0 rings (SSSR count). The summed E-state index contributed by atoms with van der Waals surface area (Å²) < 4.78 is 0. The van der Waals surface area contributed by atoms with Crippen LogP contribution in [0.25, 0.3) is 0 Å². The Balaban J connectivity index is 3.38. The van der Waals surface area contributed by atoms with E-state index in [4.69, 9.17) is 0 Å². The molecule has 62 valence electrons. The summed E-state index contributed by atoms with van der Waals surface area (Å²) in [4.78, 5) is 0. The molecule has 0 saturated carbocycles. The lowest BCUT2D eigenvalue weighted by Crippen LogP contribution is -2.28. The molecule has 0 aliphatic rings. The molecule has 0 fully saturated rings. The van der Waals surface area contributed by atoms with Crippen molar-refractivity contribution < 1.29 is 0 Å². The van der Waals surface area contributed by atoms with Crippen LogP contribution in [0.2, 0.25) is 25.2 Å². The molecule has 0 heterocycles. The van der Waals surface area contributed by atoms with Gasteiger partial charge in [-0.1, -0.05) is 51.9 Å². The van der Waals surface area contributed by atoms with Gasteiger partial charge in [-0.3, -0.25) is 0 Å². The lowest BCUT2D eigenvalue weighted by molar-refractivity contribution is 1.05. The Hall–Kier alpha value is 0.434. The van der Waals surface area contributed by atoms with Crippen molar-refractivity contribution in [2.45, 2.75) is 51.9 Å². The van der Waals surface area contributed by atoms with Gasteiger partial charge >= 0.3 is 0 Å². The molecule has 0 aromatic carbocycles. The Bertz CT molecular complexity index is 63.7. The van der Waals surface area contributed by atoms with Crippen LogP contribution >= 0.6 is 0 Å². The van der Waals surface area contributed by atoms with Crippen molar-refractivity contribution in [3.63, 3.8) is 0 Å². The Morgan fingerprint density at radius 3 is 1.30 bits per heavy atom. The van der Waals surface area contributed by atoms with Gasteiger partial charge in [0.1, 0.15) is 0 Å². The van der Waals surface area contributed by atoms with Crippen molar-refractivity contribution in [2.24, 2.45) is 0 Å². The molecule has 0 N–H and O–H groups in total. The largest absolute Gasteiger partial charge is 0.0741 e. The minimum absolute atomic E-state index is 0.175. The molecule has 0 aromatic heterocycles. The van der Waals surface area contributed by atoms with Gasteiger partial charge in [0.15, 0.2) is 0 Å². The van der Waals surface area contributed by atoms with Crippen LogP contribution in [0.15, 0.2) is 0 Å². The highest BCUT2D eigenvalue weighted by Crippen LogP contribution is 2.06. The van der Waals surface area contributed by atoms with E-state index < -0.39 is 0 Å². The smallest absolute Gasteiger partial charge is 0.0246 e. The number of rotatable bonds is 5. The summed E-state index contributed by atoms with van der Waals surface area (Å²) in [5, 5.41) is 0. The second-order valence-electron chi connectivity index (χ2n) is 3.53. The molecule has 0 aromatic rings. The van der Waals surface area contributed by atoms with E-state index in [1.165, 1.54) is 12.8 Å². The molecule has 0 saturated heterocycles. The van der Waals surface area contributed by atoms with Gasteiger partial charge in [-0.25, -0.2) is 0 Å². The van der Waals surface area contributed by atoms with E-state index in [9.17, 15) is 0 Å². The second-order valence-corrected chi connectivity index (χ2v) is 15.4. The fourth-order valence-corrected chi connectivity index (χ4v) is 9.85. The Kier molecular flexibility index (Phi) is 6.43. The summed E-state index contributed by atoms with van der Waals surface area (Å²) in [5.74, 6) is 0. The van der Waals surface area contributed by atoms with Gasteiger partial charge < -0.3 is 0 Å². The first-order chi connectivity index (χ1) is 4.72. The normalized spacial score (nSPS) is 16.8. The van der Waals surface area contributed by atoms with Gasteiger partial charge in [0.25, 0.3) is 0 Å². The summed E-state index contributed by atoms with van der Waals surface area (Å²) in [6.07, 6.45) is 2.88. The summed E-state index contributed by atoms with van der Waals surface area (Å²) in [6.45, 7) is 9.82. The van der Waals surface area contributed by atoms with Crippen molar-refractivity contribution >= 4 is 16.6 Å². The van der Waals surface area contributed by atoms with Gasteiger partial charge in [0.05, 0.1) is 0 Å². The predicted molar refractivity (Wildman–Crippen MR) is 56.2 cm³/mol. The fourth-order valence-electron chi connectivity index (χ4n) is 1.48. The van der Waals surface area contributed by atoms with Gasteiger partial charge in [-0.05, 0) is 0 Å². The van der Waals surface area contributed by atoms with E-state index in [-0.39, 0.29) is 16.6 Å². The zero-order valence-corrected chi connectivity index (χ0v) is 10.3. The van der Waals surface area contributed by atoms with Crippen LogP contribution in [0.3, 0.4) is 0 Å². The molecule has 0 bridgehead atoms. The van der Waals surface area contributed by atoms with Crippen LogP contribution in [0.4, 0.5) is 0 Å². The van der Waals surface area contributed by atoms with Crippen LogP contribution in [0.5, 0.6) is 0 Å². The first-order valence-electron chi connectivity index (χ1n) is 4.72. The van der Waals surface area contributed by atoms with Gasteiger partial charge in [-0.2, -0.15) is 0 Å². The van der Waals surface area contributed by atoms with Gasteiger partial charge in [-0.15, -0.1) is 0 Å². The zero-order valence-electron chi connectivity index (χ0n) is 7.98. The molecule has 0 amide bonds. The van der Waals surface area contributed by atoms with Crippen molar-refractivity contribution in [3.8, 4) is 0 Å². The van der Waals surface area contributed by atoms with Crippen molar-refractivity contribution in [2.75, 3.05) is 0 Å². The van der Waals surface area contributed by atoms with E-state index >= 15 is 0 Å². The minimum atomic E-state index is -0.175. The molecule has 2 unspecified atom stereocenters. The van der Waals surface area contributed by atoms with Crippen molar-refractivity contribution in [3.05, 3.63) is 0 Å².